The molecule has 0 N–H and O–H groups in total. The van der Waals surface area contributed by atoms with Gasteiger partial charge in [0.25, 0.3) is 10.0 Å². The van der Waals surface area contributed by atoms with E-state index in [2.05, 4.69) is 5.10 Å². The molecule has 0 aliphatic carbocycles. The predicted molar refractivity (Wildman–Crippen MR) is 84.4 cm³/mol. The van der Waals surface area contributed by atoms with Crippen molar-refractivity contribution in [3.8, 4) is 5.75 Å². The maximum atomic E-state index is 12.9. The van der Waals surface area contributed by atoms with Crippen molar-refractivity contribution in [3.05, 3.63) is 36.2 Å². The van der Waals surface area contributed by atoms with Crippen LogP contribution < -0.4 is 9.04 Å². The minimum atomic E-state index is -3.77. The van der Waals surface area contributed by atoms with E-state index in [4.69, 9.17) is 4.74 Å². The largest absolute Gasteiger partial charge is 0.497 e. The molecular formula is C15H17N3O4S. The van der Waals surface area contributed by atoms with Gasteiger partial charge in [-0.2, -0.15) is 5.10 Å². The number of fused-ring (bicyclic) bond motifs is 1. The number of Topliss-reactive ketones (excluding diaryl/α,β-unsaturated/α-hetero) is 1. The number of hydrogen-bond donors (Lipinski definition) is 0. The van der Waals surface area contributed by atoms with Crippen LogP contribution in [-0.4, -0.2) is 37.6 Å². The fourth-order valence-electron chi connectivity index (χ4n) is 2.57. The number of hydrogen-bond acceptors (Lipinski definition) is 5. The number of ketones is 1. The fourth-order valence-corrected chi connectivity index (χ4v) is 4.00. The molecule has 0 spiro atoms. The summed E-state index contributed by atoms with van der Waals surface area (Å²) in [6, 6.07) is 4.84. The van der Waals surface area contributed by atoms with Crippen molar-refractivity contribution in [3.63, 3.8) is 0 Å². The van der Waals surface area contributed by atoms with E-state index >= 15 is 0 Å². The molecule has 2 aromatic rings. The molecule has 0 amide bonds. The first-order valence-corrected chi connectivity index (χ1v) is 8.68. The highest BCUT2D eigenvalue weighted by Gasteiger charge is 2.33. The van der Waals surface area contributed by atoms with Crippen LogP contribution in [0.2, 0.25) is 0 Å². The standard InChI is InChI=1S/C15H17N3O4S/c1-3-17-10-12(9-16-17)23(20,21)18-7-6-15(19)13-5-4-11(22-2)8-14(13)18/h4-5,8-10H,3,6-7H2,1-2H3. The van der Waals surface area contributed by atoms with Crippen LogP contribution in [0, 0.1) is 0 Å². The Morgan fingerprint density at radius 3 is 2.78 bits per heavy atom. The normalized spacial score (nSPS) is 14.7. The van der Waals surface area contributed by atoms with Gasteiger partial charge in [-0.15, -0.1) is 0 Å². The van der Waals surface area contributed by atoms with E-state index in [9.17, 15) is 13.2 Å². The minimum absolute atomic E-state index is 0.0710. The number of carbonyl (C=O) groups excluding carboxylic acids is 1. The third kappa shape index (κ3) is 2.59. The van der Waals surface area contributed by atoms with Crippen LogP contribution in [0.25, 0.3) is 0 Å². The summed E-state index contributed by atoms with van der Waals surface area (Å²) in [6.07, 6.45) is 2.97. The van der Waals surface area contributed by atoms with Crippen LogP contribution in [0.4, 0.5) is 5.69 Å². The number of anilines is 1. The number of methoxy groups -OCH3 is 1. The third-order valence-corrected chi connectivity index (χ3v) is 5.60. The van der Waals surface area contributed by atoms with Crippen LogP contribution in [-0.2, 0) is 16.6 Å². The van der Waals surface area contributed by atoms with Crippen LogP contribution in [0.1, 0.15) is 23.7 Å². The Morgan fingerprint density at radius 1 is 1.35 bits per heavy atom. The second-order valence-electron chi connectivity index (χ2n) is 5.17. The molecule has 7 nitrogen and oxygen atoms in total. The van der Waals surface area contributed by atoms with Gasteiger partial charge in [0.15, 0.2) is 5.78 Å². The highest BCUT2D eigenvalue weighted by molar-refractivity contribution is 7.92. The van der Waals surface area contributed by atoms with E-state index in [0.29, 0.717) is 23.5 Å². The van der Waals surface area contributed by atoms with Crippen molar-refractivity contribution in [2.45, 2.75) is 24.8 Å². The number of sulfonamides is 1. The zero-order valence-corrected chi connectivity index (χ0v) is 13.7. The molecule has 0 saturated carbocycles. The van der Waals surface area contributed by atoms with Gasteiger partial charge >= 0.3 is 0 Å². The van der Waals surface area contributed by atoms with Crippen LogP contribution >= 0.6 is 0 Å². The van der Waals surface area contributed by atoms with Gasteiger partial charge in [-0.1, -0.05) is 0 Å². The molecule has 0 bridgehead atoms. The summed E-state index contributed by atoms with van der Waals surface area (Å²) in [6.45, 7) is 2.57. The Kier molecular flexibility index (Phi) is 3.85. The van der Waals surface area contributed by atoms with Crippen molar-refractivity contribution < 1.29 is 17.9 Å². The average molecular weight is 335 g/mol. The van der Waals surface area contributed by atoms with E-state index in [0.717, 1.165) is 0 Å². The summed E-state index contributed by atoms with van der Waals surface area (Å²) in [7, 11) is -2.27. The first-order chi connectivity index (χ1) is 11.0. The average Bonchev–Trinajstić information content (AvgIpc) is 3.04. The van der Waals surface area contributed by atoms with Gasteiger partial charge in [0, 0.05) is 37.3 Å². The molecule has 1 aromatic heterocycles. The Bertz CT molecular complexity index is 857. The smallest absolute Gasteiger partial charge is 0.267 e. The summed E-state index contributed by atoms with van der Waals surface area (Å²) < 4.78 is 33.8. The third-order valence-electron chi connectivity index (χ3n) is 3.84. The SMILES string of the molecule is CCn1cc(S(=O)(=O)N2CCC(=O)c3ccc(OC)cc32)cn1. The van der Waals surface area contributed by atoms with E-state index < -0.39 is 10.0 Å². The molecule has 1 aromatic carbocycles. The van der Waals surface area contributed by atoms with Crippen molar-refractivity contribution in [2.75, 3.05) is 18.0 Å². The van der Waals surface area contributed by atoms with Crippen LogP contribution in [0.5, 0.6) is 5.75 Å². The first-order valence-electron chi connectivity index (χ1n) is 7.24. The van der Waals surface area contributed by atoms with E-state index in [1.165, 1.54) is 23.8 Å². The van der Waals surface area contributed by atoms with Crippen molar-refractivity contribution in [1.82, 2.24) is 9.78 Å². The molecule has 2 heterocycles. The fraction of sp³-hybridized carbons (Fsp3) is 0.333. The van der Waals surface area contributed by atoms with Crippen LogP contribution in [0.3, 0.4) is 0 Å². The van der Waals surface area contributed by atoms with Gasteiger partial charge < -0.3 is 4.74 Å². The quantitative estimate of drug-likeness (QED) is 0.849. The van der Waals surface area contributed by atoms with Crippen LogP contribution in [0.15, 0.2) is 35.5 Å². The molecule has 0 atom stereocenters. The first kappa shape index (κ1) is 15.5. The van der Waals surface area contributed by atoms with Gasteiger partial charge in [0.1, 0.15) is 10.6 Å². The molecule has 23 heavy (non-hydrogen) atoms. The summed E-state index contributed by atoms with van der Waals surface area (Å²) in [5.74, 6) is 0.432. The Morgan fingerprint density at radius 2 is 2.13 bits per heavy atom. The Labute approximate surface area is 134 Å². The molecule has 8 heteroatoms. The predicted octanol–water partition coefficient (Wildman–Crippen LogP) is 1.69. The van der Waals surface area contributed by atoms with Gasteiger partial charge in [-0.3, -0.25) is 13.8 Å². The molecular weight excluding hydrogens is 318 g/mol. The van der Waals surface area contributed by atoms with Gasteiger partial charge in [0.2, 0.25) is 0 Å². The van der Waals surface area contributed by atoms with Crippen molar-refractivity contribution in [2.24, 2.45) is 0 Å². The topological polar surface area (TPSA) is 81.5 Å². The lowest BCUT2D eigenvalue weighted by atomic mass is 10.0. The van der Waals surface area contributed by atoms with Gasteiger partial charge in [-0.25, -0.2) is 8.42 Å². The lowest BCUT2D eigenvalue weighted by molar-refractivity contribution is 0.0982. The van der Waals surface area contributed by atoms with E-state index in [1.54, 1.807) is 22.9 Å². The number of ether oxygens (including phenoxy) is 1. The Balaban J connectivity index is 2.10. The molecule has 122 valence electrons. The summed E-state index contributed by atoms with van der Waals surface area (Å²) in [4.78, 5) is 12.2. The number of aryl methyl sites for hydroxylation is 1. The zero-order chi connectivity index (χ0) is 16.6. The van der Waals surface area contributed by atoms with Gasteiger partial charge in [-0.05, 0) is 19.1 Å². The van der Waals surface area contributed by atoms with Crippen molar-refractivity contribution >= 4 is 21.5 Å². The number of aromatic nitrogens is 2. The monoisotopic (exact) mass is 335 g/mol. The van der Waals surface area contributed by atoms with E-state index in [-0.39, 0.29) is 23.6 Å². The second-order valence-corrected chi connectivity index (χ2v) is 7.03. The van der Waals surface area contributed by atoms with Gasteiger partial charge in [0.05, 0.1) is 19.0 Å². The number of carbonyl (C=O) groups is 1. The molecule has 0 unspecified atom stereocenters. The maximum Gasteiger partial charge on any atom is 0.267 e. The molecule has 1 aliphatic rings. The lowest BCUT2D eigenvalue weighted by Crippen LogP contribution is -2.37. The lowest BCUT2D eigenvalue weighted by Gasteiger charge is -2.29. The minimum Gasteiger partial charge on any atom is -0.497 e. The summed E-state index contributed by atoms with van der Waals surface area (Å²) in [5, 5.41) is 4.02. The number of benzene rings is 1. The summed E-state index contributed by atoms with van der Waals surface area (Å²) >= 11 is 0. The molecule has 1 aliphatic heterocycles. The number of nitrogens with zero attached hydrogens (tertiary/aromatic N) is 3. The number of rotatable bonds is 4. The van der Waals surface area contributed by atoms with Crippen molar-refractivity contribution in [1.29, 1.82) is 0 Å². The molecule has 0 saturated heterocycles. The highest BCUT2D eigenvalue weighted by atomic mass is 32.2. The second kappa shape index (κ2) is 5.69. The zero-order valence-electron chi connectivity index (χ0n) is 12.9. The van der Waals surface area contributed by atoms with E-state index in [1.807, 2.05) is 6.92 Å². The summed E-state index contributed by atoms with van der Waals surface area (Å²) in [5.41, 5.74) is 0.744. The highest BCUT2D eigenvalue weighted by Crippen LogP contribution is 2.34. The molecule has 0 fully saturated rings. The Hall–Kier alpha value is -2.35. The molecule has 0 radical (unpaired) electrons. The maximum absolute atomic E-state index is 12.9. The molecule has 3 rings (SSSR count).